The van der Waals surface area contributed by atoms with Crippen molar-refractivity contribution < 1.29 is 9.15 Å². The maximum Gasteiger partial charge on any atom is 0.300 e. The van der Waals surface area contributed by atoms with Crippen LogP contribution < -0.4 is 4.90 Å². The molecule has 0 bridgehead atoms. The van der Waals surface area contributed by atoms with E-state index in [-0.39, 0.29) is 0 Å². The number of hydrogen-bond donors (Lipinski definition) is 0. The molecule has 2 aromatic rings. The summed E-state index contributed by atoms with van der Waals surface area (Å²) in [6, 6.07) is 4.50. The molecule has 1 saturated heterocycles. The molecule has 1 aliphatic heterocycles. The summed E-state index contributed by atoms with van der Waals surface area (Å²) >= 11 is 5.93. The molecule has 3 heterocycles. The van der Waals surface area contributed by atoms with Crippen molar-refractivity contribution in [2.75, 3.05) is 45.3 Å². The van der Waals surface area contributed by atoms with Crippen LogP contribution in [-0.2, 0) is 4.74 Å². The minimum absolute atomic E-state index is 0.373. The number of ether oxygens (including phenoxy) is 1. The molecule has 1 fully saturated rings. The van der Waals surface area contributed by atoms with Crippen LogP contribution in [-0.4, -0.2) is 61.3 Å². The average Bonchev–Trinajstić information content (AvgIpc) is 2.90. The van der Waals surface area contributed by atoms with Gasteiger partial charge in [-0.05, 0) is 38.6 Å². The number of likely N-dealkylation sites (N-methyl/N-ethyl adjacent to an activating group) is 1. The van der Waals surface area contributed by atoms with Crippen LogP contribution in [0.2, 0.25) is 5.15 Å². The lowest BCUT2D eigenvalue weighted by Gasteiger charge is -2.37. The van der Waals surface area contributed by atoms with Gasteiger partial charge in [-0.1, -0.05) is 11.6 Å². The van der Waals surface area contributed by atoms with E-state index < -0.39 is 0 Å². The Bertz CT molecular complexity index is 633. The fourth-order valence-electron chi connectivity index (χ4n) is 2.92. The average molecular weight is 325 g/mol. The highest BCUT2D eigenvalue weighted by Gasteiger charge is 2.27. The molecule has 6 nitrogen and oxygen atoms in total. The predicted molar refractivity (Wildman–Crippen MR) is 86.6 cm³/mol. The van der Waals surface area contributed by atoms with Gasteiger partial charge in [-0.15, -0.1) is 0 Å². The van der Waals surface area contributed by atoms with Crippen LogP contribution in [0.25, 0.3) is 11.2 Å². The molecular formula is C15H21ClN4O2. The maximum absolute atomic E-state index is 5.93. The molecule has 22 heavy (non-hydrogen) atoms. The summed E-state index contributed by atoms with van der Waals surface area (Å²) in [5.41, 5.74) is 1.21. The van der Waals surface area contributed by atoms with Gasteiger partial charge in [0.15, 0.2) is 5.58 Å². The van der Waals surface area contributed by atoms with Crippen LogP contribution in [0.1, 0.15) is 12.8 Å². The molecule has 2 aromatic heterocycles. The third-order valence-corrected chi connectivity index (χ3v) is 4.24. The monoisotopic (exact) mass is 324 g/mol. The molecule has 1 aliphatic rings. The zero-order chi connectivity index (χ0) is 15.5. The van der Waals surface area contributed by atoms with E-state index in [0.717, 1.165) is 26.1 Å². The third-order valence-electron chi connectivity index (χ3n) is 4.03. The maximum atomic E-state index is 5.93. The van der Waals surface area contributed by atoms with E-state index in [1.807, 2.05) is 6.07 Å². The van der Waals surface area contributed by atoms with Gasteiger partial charge in [0.1, 0.15) is 5.15 Å². The molecule has 0 spiro atoms. The molecule has 0 amide bonds. The highest BCUT2D eigenvalue weighted by atomic mass is 35.5. The van der Waals surface area contributed by atoms with Gasteiger partial charge in [-0.25, -0.2) is 4.98 Å². The van der Waals surface area contributed by atoms with Crippen molar-refractivity contribution in [3.05, 3.63) is 17.3 Å². The van der Waals surface area contributed by atoms with E-state index in [4.69, 9.17) is 20.8 Å². The SMILES string of the molecule is COCCN(c1nc2nc(Cl)ccc2o1)[C@@H]1CCCN(C)C1. The summed E-state index contributed by atoms with van der Waals surface area (Å²) in [4.78, 5) is 13.3. The highest BCUT2D eigenvalue weighted by Crippen LogP contribution is 2.26. The zero-order valence-corrected chi connectivity index (χ0v) is 13.7. The summed E-state index contributed by atoms with van der Waals surface area (Å²) in [6.07, 6.45) is 2.30. The second-order valence-electron chi connectivity index (χ2n) is 5.70. The molecule has 0 N–H and O–H groups in total. The van der Waals surface area contributed by atoms with E-state index in [9.17, 15) is 0 Å². The van der Waals surface area contributed by atoms with Crippen molar-refractivity contribution in [2.45, 2.75) is 18.9 Å². The van der Waals surface area contributed by atoms with Gasteiger partial charge in [0, 0.05) is 26.2 Å². The van der Waals surface area contributed by atoms with Gasteiger partial charge < -0.3 is 19.0 Å². The number of likely N-dealkylation sites (tertiary alicyclic amines) is 1. The summed E-state index contributed by atoms with van der Waals surface area (Å²) in [7, 11) is 3.85. The number of oxazole rings is 1. The van der Waals surface area contributed by atoms with Gasteiger partial charge in [0.25, 0.3) is 6.01 Å². The molecule has 3 rings (SSSR count). The van der Waals surface area contributed by atoms with Crippen molar-refractivity contribution in [2.24, 2.45) is 0 Å². The summed E-state index contributed by atoms with van der Waals surface area (Å²) in [5, 5.41) is 0.424. The standard InChI is InChI=1S/C15H21ClN4O2/c1-19-7-3-4-11(10-19)20(8-9-21-2)15-18-14-12(22-15)5-6-13(16)17-14/h5-6,11H,3-4,7-10H2,1-2H3/t11-/m1/s1. The normalized spacial score (nSPS) is 19.7. The van der Waals surface area contributed by atoms with E-state index in [1.165, 1.54) is 6.42 Å². The van der Waals surface area contributed by atoms with E-state index in [2.05, 4.69) is 26.8 Å². The van der Waals surface area contributed by atoms with Crippen molar-refractivity contribution >= 4 is 28.8 Å². The minimum Gasteiger partial charge on any atom is -0.422 e. The zero-order valence-electron chi connectivity index (χ0n) is 13.0. The molecule has 0 saturated carbocycles. The van der Waals surface area contributed by atoms with Crippen molar-refractivity contribution in [1.82, 2.24) is 14.9 Å². The number of halogens is 1. The number of nitrogens with zero attached hydrogens (tertiary/aromatic N) is 4. The smallest absolute Gasteiger partial charge is 0.300 e. The van der Waals surface area contributed by atoms with Gasteiger partial charge >= 0.3 is 0 Å². The molecule has 0 unspecified atom stereocenters. The largest absolute Gasteiger partial charge is 0.422 e. The quantitative estimate of drug-likeness (QED) is 0.787. The molecule has 0 radical (unpaired) electrons. The number of anilines is 1. The number of methoxy groups -OCH3 is 1. The number of rotatable bonds is 5. The number of fused-ring (bicyclic) bond motifs is 1. The number of piperidine rings is 1. The topological polar surface area (TPSA) is 54.6 Å². The van der Waals surface area contributed by atoms with Crippen LogP contribution in [0.5, 0.6) is 0 Å². The Morgan fingerprint density at radius 3 is 3.09 bits per heavy atom. The van der Waals surface area contributed by atoms with Crippen LogP contribution in [0.3, 0.4) is 0 Å². The number of hydrogen-bond acceptors (Lipinski definition) is 6. The van der Waals surface area contributed by atoms with Crippen LogP contribution in [0, 0.1) is 0 Å². The van der Waals surface area contributed by atoms with E-state index in [1.54, 1.807) is 13.2 Å². The highest BCUT2D eigenvalue weighted by molar-refractivity contribution is 6.29. The Labute approximate surface area is 135 Å². The Morgan fingerprint density at radius 2 is 2.32 bits per heavy atom. The molecule has 7 heteroatoms. The van der Waals surface area contributed by atoms with Gasteiger partial charge in [0.2, 0.25) is 5.65 Å². The Morgan fingerprint density at radius 1 is 1.45 bits per heavy atom. The molecule has 1 atom stereocenters. The van der Waals surface area contributed by atoms with E-state index >= 15 is 0 Å². The van der Waals surface area contributed by atoms with Crippen LogP contribution in [0.4, 0.5) is 6.01 Å². The van der Waals surface area contributed by atoms with Crippen LogP contribution >= 0.6 is 11.6 Å². The van der Waals surface area contributed by atoms with Gasteiger partial charge in [-0.3, -0.25) is 0 Å². The summed E-state index contributed by atoms with van der Waals surface area (Å²) in [5.74, 6) is 0. The number of aromatic nitrogens is 2. The Hall–Kier alpha value is -1.37. The second kappa shape index (κ2) is 6.81. The van der Waals surface area contributed by atoms with Crippen molar-refractivity contribution in [3.63, 3.8) is 0 Å². The molecule has 0 aliphatic carbocycles. The predicted octanol–water partition coefficient (Wildman–Crippen LogP) is 2.42. The summed E-state index contributed by atoms with van der Waals surface area (Å²) in [6.45, 7) is 3.51. The summed E-state index contributed by atoms with van der Waals surface area (Å²) < 4.78 is 11.1. The fraction of sp³-hybridized carbons (Fsp3) is 0.600. The Kier molecular flexibility index (Phi) is 4.81. The Balaban J connectivity index is 1.88. The molecule has 0 aromatic carbocycles. The first-order valence-corrected chi connectivity index (χ1v) is 7.92. The third kappa shape index (κ3) is 3.34. The first kappa shape index (κ1) is 15.5. The molecular weight excluding hydrogens is 304 g/mol. The lowest BCUT2D eigenvalue weighted by Crippen LogP contribution is -2.48. The number of pyridine rings is 1. The van der Waals surface area contributed by atoms with E-state index in [0.29, 0.717) is 35.0 Å². The first-order valence-electron chi connectivity index (χ1n) is 7.54. The van der Waals surface area contributed by atoms with Gasteiger partial charge in [0.05, 0.1) is 6.61 Å². The lowest BCUT2D eigenvalue weighted by atomic mass is 10.1. The van der Waals surface area contributed by atoms with Gasteiger partial charge in [-0.2, -0.15) is 4.98 Å². The lowest BCUT2D eigenvalue weighted by molar-refractivity contribution is 0.190. The van der Waals surface area contributed by atoms with Crippen molar-refractivity contribution in [1.29, 1.82) is 0 Å². The molecule has 120 valence electrons. The fourth-order valence-corrected chi connectivity index (χ4v) is 3.07. The minimum atomic E-state index is 0.373. The van der Waals surface area contributed by atoms with Crippen molar-refractivity contribution in [3.8, 4) is 0 Å². The first-order chi connectivity index (χ1) is 10.7. The van der Waals surface area contributed by atoms with Crippen LogP contribution in [0.15, 0.2) is 16.5 Å². The second-order valence-corrected chi connectivity index (χ2v) is 6.08.